The molecular formula is C11H17ClFN5. The predicted molar refractivity (Wildman–Crippen MR) is 70.7 cm³/mol. The molecule has 18 heavy (non-hydrogen) atoms. The van der Waals surface area contributed by atoms with Crippen molar-refractivity contribution in [2.24, 2.45) is 7.05 Å². The van der Waals surface area contributed by atoms with Crippen molar-refractivity contribution >= 4 is 18.2 Å². The second-order valence-corrected chi connectivity index (χ2v) is 3.96. The fourth-order valence-electron chi connectivity index (χ4n) is 1.71. The van der Waals surface area contributed by atoms with Crippen molar-refractivity contribution in [1.29, 1.82) is 0 Å². The van der Waals surface area contributed by atoms with E-state index in [-0.39, 0.29) is 19.0 Å². The van der Waals surface area contributed by atoms with Gasteiger partial charge in [0, 0.05) is 30.9 Å². The molecule has 0 atom stereocenters. The minimum atomic E-state index is -0.414. The van der Waals surface area contributed by atoms with Crippen LogP contribution in [0.15, 0.2) is 18.6 Å². The van der Waals surface area contributed by atoms with E-state index in [1.54, 1.807) is 21.8 Å². The number of nitrogens with one attached hydrogen (secondary N) is 1. The van der Waals surface area contributed by atoms with Crippen molar-refractivity contribution in [3.05, 3.63) is 29.7 Å². The molecule has 0 radical (unpaired) electrons. The Kier molecular flexibility index (Phi) is 5.15. The molecular weight excluding hydrogens is 257 g/mol. The van der Waals surface area contributed by atoms with E-state index in [9.17, 15) is 4.39 Å². The number of rotatable bonds is 5. The molecule has 5 nitrogen and oxygen atoms in total. The lowest BCUT2D eigenvalue weighted by Gasteiger charge is -2.08. The zero-order chi connectivity index (χ0) is 12.3. The number of aryl methyl sites for hydroxylation is 3. The minimum Gasteiger partial charge on any atom is -0.366 e. The summed E-state index contributed by atoms with van der Waals surface area (Å²) >= 11 is 0. The van der Waals surface area contributed by atoms with Crippen molar-refractivity contribution in [1.82, 2.24) is 19.6 Å². The summed E-state index contributed by atoms with van der Waals surface area (Å²) in [5, 5.41) is 11.5. The summed E-state index contributed by atoms with van der Waals surface area (Å²) in [7, 11) is 1.88. The average Bonchev–Trinajstić information content (AvgIpc) is 2.85. The van der Waals surface area contributed by atoms with E-state index in [2.05, 4.69) is 15.5 Å². The van der Waals surface area contributed by atoms with Crippen LogP contribution < -0.4 is 5.32 Å². The number of aromatic nitrogens is 4. The molecule has 2 rings (SSSR count). The highest BCUT2D eigenvalue weighted by Crippen LogP contribution is 2.14. The summed E-state index contributed by atoms with van der Waals surface area (Å²) in [6, 6.07) is 0. The SMILES string of the molecule is Cc1cnn(CCF)c1NCc1cnn(C)c1.Cl. The Morgan fingerprint density at radius 2 is 2.11 bits per heavy atom. The van der Waals surface area contributed by atoms with Gasteiger partial charge in [0.15, 0.2) is 0 Å². The summed E-state index contributed by atoms with van der Waals surface area (Å²) in [6.45, 7) is 2.48. The van der Waals surface area contributed by atoms with Crippen molar-refractivity contribution in [2.45, 2.75) is 20.0 Å². The maximum absolute atomic E-state index is 12.3. The minimum absolute atomic E-state index is 0. The van der Waals surface area contributed by atoms with Crippen LogP contribution in [-0.2, 0) is 20.1 Å². The molecule has 0 aliphatic heterocycles. The van der Waals surface area contributed by atoms with Gasteiger partial charge in [-0.05, 0) is 6.92 Å². The van der Waals surface area contributed by atoms with Crippen molar-refractivity contribution in [2.75, 3.05) is 12.0 Å². The molecule has 0 fully saturated rings. The summed E-state index contributed by atoms with van der Waals surface area (Å²) in [4.78, 5) is 0. The van der Waals surface area contributed by atoms with Crippen LogP contribution in [0.25, 0.3) is 0 Å². The summed E-state index contributed by atoms with van der Waals surface area (Å²) in [5.41, 5.74) is 2.10. The largest absolute Gasteiger partial charge is 0.366 e. The molecule has 0 saturated carbocycles. The maximum Gasteiger partial charge on any atom is 0.127 e. The van der Waals surface area contributed by atoms with Gasteiger partial charge in [0.1, 0.15) is 12.5 Å². The number of hydrogen-bond donors (Lipinski definition) is 1. The Labute approximate surface area is 111 Å². The van der Waals surface area contributed by atoms with E-state index in [1.165, 1.54) is 0 Å². The fraction of sp³-hybridized carbons (Fsp3) is 0.455. The van der Waals surface area contributed by atoms with Crippen LogP contribution in [0, 0.1) is 6.92 Å². The number of nitrogens with zero attached hydrogens (tertiary/aromatic N) is 4. The van der Waals surface area contributed by atoms with Gasteiger partial charge in [-0.3, -0.25) is 4.68 Å². The normalized spacial score (nSPS) is 10.2. The third kappa shape index (κ3) is 3.22. The zero-order valence-corrected chi connectivity index (χ0v) is 11.2. The molecule has 0 spiro atoms. The molecule has 0 saturated heterocycles. The molecule has 0 aromatic carbocycles. The molecule has 2 aromatic heterocycles. The molecule has 2 heterocycles. The first-order valence-electron chi connectivity index (χ1n) is 5.50. The van der Waals surface area contributed by atoms with Gasteiger partial charge in [-0.15, -0.1) is 12.4 Å². The van der Waals surface area contributed by atoms with E-state index < -0.39 is 6.67 Å². The Morgan fingerprint density at radius 3 is 2.72 bits per heavy atom. The number of halogens is 2. The van der Waals surface area contributed by atoms with Crippen LogP contribution in [-0.4, -0.2) is 26.2 Å². The number of hydrogen-bond acceptors (Lipinski definition) is 3. The van der Waals surface area contributed by atoms with Gasteiger partial charge in [0.2, 0.25) is 0 Å². The highest BCUT2D eigenvalue weighted by molar-refractivity contribution is 5.85. The van der Waals surface area contributed by atoms with E-state index >= 15 is 0 Å². The van der Waals surface area contributed by atoms with E-state index in [4.69, 9.17) is 0 Å². The Balaban J connectivity index is 0.00000162. The Hall–Kier alpha value is -1.56. The van der Waals surface area contributed by atoms with Crippen LogP contribution in [0.2, 0.25) is 0 Å². The Bertz CT molecular complexity index is 493. The molecule has 7 heteroatoms. The van der Waals surface area contributed by atoms with Crippen LogP contribution in [0.5, 0.6) is 0 Å². The fourth-order valence-corrected chi connectivity index (χ4v) is 1.71. The summed E-state index contributed by atoms with van der Waals surface area (Å²) in [6.07, 6.45) is 5.48. The van der Waals surface area contributed by atoms with Crippen molar-refractivity contribution in [3.8, 4) is 0 Å². The standard InChI is InChI=1S/C11H16FN5.ClH/c1-9-5-15-17(4-3-12)11(9)13-6-10-7-14-16(2)8-10;/h5,7-8,13H,3-4,6H2,1-2H3;1H. The molecule has 0 unspecified atom stereocenters. The molecule has 0 amide bonds. The highest BCUT2D eigenvalue weighted by Gasteiger charge is 2.07. The third-order valence-electron chi connectivity index (χ3n) is 2.54. The van der Waals surface area contributed by atoms with Crippen LogP contribution in [0.4, 0.5) is 10.2 Å². The monoisotopic (exact) mass is 273 g/mol. The first-order valence-corrected chi connectivity index (χ1v) is 5.50. The van der Waals surface area contributed by atoms with Gasteiger partial charge in [0.05, 0.1) is 18.9 Å². The van der Waals surface area contributed by atoms with Gasteiger partial charge in [-0.25, -0.2) is 9.07 Å². The second kappa shape index (κ2) is 6.39. The van der Waals surface area contributed by atoms with Gasteiger partial charge in [-0.2, -0.15) is 10.2 Å². The van der Waals surface area contributed by atoms with Gasteiger partial charge in [0.25, 0.3) is 0 Å². The van der Waals surface area contributed by atoms with E-state index in [0.29, 0.717) is 6.54 Å². The first-order chi connectivity index (χ1) is 8.20. The quantitative estimate of drug-likeness (QED) is 0.906. The molecule has 1 N–H and O–H groups in total. The lowest BCUT2D eigenvalue weighted by molar-refractivity contribution is 0.429. The van der Waals surface area contributed by atoms with E-state index in [0.717, 1.165) is 16.9 Å². The first kappa shape index (κ1) is 14.5. The lowest BCUT2D eigenvalue weighted by Crippen LogP contribution is -2.09. The highest BCUT2D eigenvalue weighted by atomic mass is 35.5. The van der Waals surface area contributed by atoms with Gasteiger partial charge < -0.3 is 5.32 Å². The molecule has 0 aliphatic rings. The van der Waals surface area contributed by atoms with E-state index in [1.807, 2.05) is 20.2 Å². The van der Waals surface area contributed by atoms with Crippen LogP contribution in [0.3, 0.4) is 0 Å². The van der Waals surface area contributed by atoms with Crippen LogP contribution >= 0.6 is 12.4 Å². The predicted octanol–water partition coefficient (Wildman–Crippen LogP) is 1.93. The maximum atomic E-state index is 12.3. The molecule has 0 bridgehead atoms. The second-order valence-electron chi connectivity index (χ2n) is 3.96. The Morgan fingerprint density at radius 1 is 1.33 bits per heavy atom. The van der Waals surface area contributed by atoms with Crippen molar-refractivity contribution < 1.29 is 4.39 Å². The average molecular weight is 274 g/mol. The third-order valence-corrected chi connectivity index (χ3v) is 2.54. The zero-order valence-electron chi connectivity index (χ0n) is 10.4. The topological polar surface area (TPSA) is 47.7 Å². The lowest BCUT2D eigenvalue weighted by atomic mass is 10.3. The molecule has 100 valence electrons. The smallest absolute Gasteiger partial charge is 0.127 e. The van der Waals surface area contributed by atoms with Crippen molar-refractivity contribution in [3.63, 3.8) is 0 Å². The molecule has 2 aromatic rings. The number of alkyl halides is 1. The number of anilines is 1. The summed E-state index contributed by atoms with van der Waals surface area (Å²) < 4.78 is 15.7. The van der Waals surface area contributed by atoms with Crippen LogP contribution in [0.1, 0.15) is 11.1 Å². The summed E-state index contributed by atoms with van der Waals surface area (Å²) in [5.74, 6) is 0.867. The van der Waals surface area contributed by atoms with Gasteiger partial charge >= 0.3 is 0 Å². The van der Waals surface area contributed by atoms with Gasteiger partial charge in [-0.1, -0.05) is 0 Å². The molecule has 0 aliphatic carbocycles.